The summed E-state index contributed by atoms with van der Waals surface area (Å²) in [6.45, 7) is 6.23. The van der Waals surface area contributed by atoms with E-state index in [0.29, 0.717) is 12.4 Å². The lowest BCUT2D eigenvalue weighted by molar-refractivity contribution is 0.190. The van der Waals surface area contributed by atoms with Crippen LogP contribution in [0.4, 0.5) is 0 Å². The molecule has 110 valence electrons. The zero-order chi connectivity index (χ0) is 15.2. The average molecular weight is 340 g/mol. The fourth-order valence-electron chi connectivity index (χ4n) is 1.89. The second kappa shape index (κ2) is 7.66. The number of halogens is 1. The number of ether oxygens (including phenoxy) is 1. The first-order chi connectivity index (χ1) is 9.35. The molecule has 0 aliphatic rings. The Kier molecular flexibility index (Phi) is 6.51. The Bertz CT molecular complexity index is 478. The van der Waals surface area contributed by atoms with Gasteiger partial charge in [0.1, 0.15) is 5.75 Å². The number of nitrogens with zero attached hydrogens (tertiary/aromatic N) is 1. The number of aliphatic hydroxyl groups excluding tert-OH is 1. The van der Waals surface area contributed by atoms with Crippen LogP contribution in [0, 0.1) is 16.7 Å². The number of rotatable bonds is 7. The molecule has 1 aromatic rings. The van der Waals surface area contributed by atoms with E-state index in [1.54, 1.807) is 6.92 Å². The summed E-state index contributed by atoms with van der Waals surface area (Å²) < 4.78 is 6.69. The van der Waals surface area contributed by atoms with Gasteiger partial charge in [-0.25, -0.2) is 0 Å². The molecule has 1 aromatic carbocycles. The van der Waals surface area contributed by atoms with E-state index in [0.717, 1.165) is 29.3 Å². The maximum atomic E-state index is 9.71. The summed E-state index contributed by atoms with van der Waals surface area (Å²) in [5.74, 6) is 0.717. The highest BCUT2D eigenvalue weighted by molar-refractivity contribution is 9.10. The van der Waals surface area contributed by atoms with E-state index in [2.05, 4.69) is 22.0 Å². The van der Waals surface area contributed by atoms with Crippen LogP contribution in [0.1, 0.15) is 51.7 Å². The quantitative estimate of drug-likeness (QED) is 0.738. The molecule has 0 unspecified atom stereocenters. The zero-order valence-electron chi connectivity index (χ0n) is 12.3. The van der Waals surface area contributed by atoms with E-state index in [-0.39, 0.29) is 5.41 Å². The summed E-state index contributed by atoms with van der Waals surface area (Å²) in [6, 6.07) is 7.93. The Morgan fingerprint density at radius 2 is 2.10 bits per heavy atom. The van der Waals surface area contributed by atoms with Crippen LogP contribution in [-0.4, -0.2) is 11.7 Å². The Morgan fingerprint density at radius 1 is 1.40 bits per heavy atom. The first-order valence-electron chi connectivity index (χ1n) is 6.87. The zero-order valence-corrected chi connectivity index (χ0v) is 13.9. The molecule has 0 fully saturated rings. The molecule has 0 amide bonds. The number of nitriles is 1. The monoisotopic (exact) mass is 339 g/mol. The van der Waals surface area contributed by atoms with Crippen molar-refractivity contribution < 1.29 is 9.84 Å². The molecule has 20 heavy (non-hydrogen) atoms. The standard InChI is InChI=1S/C16H22BrNO2/c1-12(19)14-7-6-13(17)10-15(14)20-9-5-4-8-16(2,3)11-18/h6-7,10,12,19H,4-5,8-9H2,1-3H3/t12-/m0/s1. The second-order valence-corrected chi connectivity index (χ2v) is 6.58. The maximum absolute atomic E-state index is 9.71. The normalized spacial score (nSPS) is 12.8. The van der Waals surface area contributed by atoms with Gasteiger partial charge in [0.2, 0.25) is 0 Å². The van der Waals surface area contributed by atoms with Gasteiger partial charge < -0.3 is 9.84 Å². The molecule has 4 heteroatoms. The molecular weight excluding hydrogens is 318 g/mol. The van der Waals surface area contributed by atoms with Crippen molar-refractivity contribution in [1.82, 2.24) is 0 Å². The molecule has 0 spiro atoms. The second-order valence-electron chi connectivity index (χ2n) is 5.66. The van der Waals surface area contributed by atoms with Crippen LogP contribution in [0.25, 0.3) is 0 Å². The van der Waals surface area contributed by atoms with Gasteiger partial charge in [0.15, 0.2) is 0 Å². The average Bonchev–Trinajstić information content (AvgIpc) is 2.38. The van der Waals surface area contributed by atoms with Crippen LogP contribution in [0.15, 0.2) is 22.7 Å². The molecule has 0 aliphatic heterocycles. The highest BCUT2D eigenvalue weighted by Gasteiger charge is 2.15. The topological polar surface area (TPSA) is 53.2 Å². The molecule has 1 atom stereocenters. The summed E-state index contributed by atoms with van der Waals surface area (Å²) in [6.07, 6.45) is 2.18. The third-order valence-electron chi connectivity index (χ3n) is 3.18. The summed E-state index contributed by atoms with van der Waals surface area (Å²) in [5, 5.41) is 18.6. The first-order valence-corrected chi connectivity index (χ1v) is 7.66. The molecule has 1 N–H and O–H groups in total. The van der Waals surface area contributed by atoms with Crippen LogP contribution >= 0.6 is 15.9 Å². The third-order valence-corrected chi connectivity index (χ3v) is 3.68. The lowest BCUT2D eigenvalue weighted by atomic mass is 9.89. The van der Waals surface area contributed by atoms with Gasteiger partial charge in [-0.05, 0) is 52.2 Å². The molecule has 1 rings (SSSR count). The fourth-order valence-corrected chi connectivity index (χ4v) is 2.23. The number of hydrogen-bond acceptors (Lipinski definition) is 3. The first kappa shape index (κ1) is 17.0. The van der Waals surface area contributed by atoms with Gasteiger partial charge in [-0.15, -0.1) is 0 Å². The van der Waals surface area contributed by atoms with E-state index in [1.165, 1.54) is 0 Å². The van der Waals surface area contributed by atoms with Crippen molar-refractivity contribution in [3.63, 3.8) is 0 Å². The van der Waals surface area contributed by atoms with Gasteiger partial charge >= 0.3 is 0 Å². The highest BCUT2D eigenvalue weighted by Crippen LogP contribution is 2.29. The lowest BCUT2D eigenvalue weighted by Gasteiger charge is -2.16. The highest BCUT2D eigenvalue weighted by atomic mass is 79.9. The summed E-state index contributed by atoms with van der Waals surface area (Å²) in [5.41, 5.74) is 0.533. The van der Waals surface area contributed by atoms with Gasteiger partial charge in [0, 0.05) is 10.0 Å². The molecule has 0 aliphatic carbocycles. The van der Waals surface area contributed by atoms with Crippen LogP contribution < -0.4 is 4.74 Å². The minimum Gasteiger partial charge on any atom is -0.493 e. The molecule has 0 saturated carbocycles. The predicted octanol–water partition coefficient (Wildman–Crippen LogP) is 4.60. The Hall–Kier alpha value is -1.05. The Labute approximate surface area is 129 Å². The summed E-state index contributed by atoms with van der Waals surface area (Å²) in [7, 11) is 0. The third kappa shape index (κ3) is 5.52. The van der Waals surface area contributed by atoms with Crippen molar-refractivity contribution >= 4 is 15.9 Å². The van der Waals surface area contributed by atoms with Gasteiger partial charge in [-0.2, -0.15) is 5.26 Å². The van der Waals surface area contributed by atoms with E-state index < -0.39 is 6.10 Å². The van der Waals surface area contributed by atoms with Crippen molar-refractivity contribution in [3.8, 4) is 11.8 Å². The van der Waals surface area contributed by atoms with Crippen LogP contribution in [-0.2, 0) is 0 Å². The van der Waals surface area contributed by atoms with Gasteiger partial charge in [-0.1, -0.05) is 22.0 Å². The van der Waals surface area contributed by atoms with Crippen LogP contribution in [0.3, 0.4) is 0 Å². The number of hydrogen-bond donors (Lipinski definition) is 1. The number of aliphatic hydroxyl groups is 1. The molecule has 0 aromatic heterocycles. The largest absolute Gasteiger partial charge is 0.493 e. The Morgan fingerprint density at radius 3 is 2.70 bits per heavy atom. The minimum absolute atomic E-state index is 0.263. The minimum atomic E-state index is -0.546. The van der Waals surface area contributed by atoms with Crippen molar-refractivity contribution in [2.45, 2.75) is 46.1 Å². The van der Waals surface area contributed by atoms with E-state index in [9.17, 15) is 5.11 Å². The van der Waals surface area contributed by atoms with Gasteiger partial charge in [0.05, 0.1) is 24.2 Å². The molecule has 0 heterocycles. The molecule has 0 radical (unpaired) electrons. The van der Waals surface area contributed by atoms with Crippen molar-refractivity contribution in [3.05, 3.63) is 28.2 Å². The van der Waals surface area contributed by atoms with Crippen LogP contribution in [0.2, 0.25) is 0 Å². The SMILES string of the molecule is C[C@H](O)c1ccc(Br)cc1OCCCCC(C)(C)C#N. The van der Waals surface area contributed by atoms with Gasteiger partial charge in [0.25, 0.3) is 0 Å². The Balaban J connectivity index is 2.46. The maximum Gasteiger partial charge on any atom is 0.126 e. The van der Waals surface area contributed by atoms with Gasteiger partial charge in [-0.3, -0.25) is 0 Å². The molecule has 0 bridgehead atoms. The lowest BCUT2D eigenvalue weighted by Crippen LogP contribution is -2.08. The van der Waals surface area contributed by atoms with Crippen molar-refractivity contribution in [1.29, 1.82) is 5.26 Å². The summed E-state index contributed by atoms with van der Waals surface area (Å²) >= 11 is 3.41. The van der Waals surface area contributed by atoms with Crippen molar-refractivity contribution in [2.75, 3.05) is 6.61 Å². The van der Waals surface area contributed by atoms with Crippen molar-refractivity contribution in [2.24, 2.45) is 5.41 Å². The van der Waals surface area contributed by atoms with Crippen LogP contribution in [0.5, 0.6) is 5.75 Å². The number of benzene rings is 1. The molecular formula is C16H22BrNO2. The van der Waals surface area contributed by atoms with E-state index in [1.807, 2.05) is 32.0 Å². The molecule has 3 nitrogen and oxygen atoms in total. The smallest absolute Gasteiger partial charge is 0.126 e. The summed E-state index contributed by atoms with van der Waals surface area (Å²) in [4.78, 5) is 0. The fraction of sp³-hybridized carbons (Fsp3) is 0.562. The van der Waals surface area contributed by atoms with E-state index >= 15 is 0 Å². The molecule has 0 saturated heterocycles. The number of unbranched alkanes of at least 4 members (excludes halogenated alkanes) is 1. The predicted molar refractivity (Wildman–Crippen MR) is 83.5 cm³/mol. The van der Waals surface area contributed by atoms with E-state index in [4.69, 9.17) is 10.00 Å².